The first-order valence-electron chi connectivity index (χ1n) is 11.3. The molecule has 34 heavy (non-hydrogen) atoms. The minimum Gasteiger partial charge on any atom is -0.478 e. The van der Waals surface area contributed by atoms with E-state index in [1.54, 1.807) is 12.1 Å². The van der Waals surface area contributed by atoms with Gasteiger partial charge in [0.25, 0.3) is 10.0 Å². The Hall–Kier alpha value is -3.39. The Labute approximate surface area is 200 Å². The zero-order valence-corrected chi connectivity index (χ0v) is 20.2. The lowest BCUT2D eigenvalue weighted by Gasteiger charge is -2.33. The third kappa shape index (κ3) is 5.56. The average molecular weight is 480 g/mol. The lowest BCUT2D eigenvalue weighted by molar-refractivity contribution is 0.0697. The van der Waals surface area contributed by atoms with Crippen LogP contribution >= 0.6 is 0 Å². The lowest BCUT2D eigenvalue weighted by Crippen LogP contribution is -2.36. The molecule has 0 unspecified atom stereocenters. The molecule has 0 amide bonds. The van der Waals surface area contributed by atoms with E-state index in [1.807, 2.05) is 43.0 Å². The summed E-state index contributed by atoms with van der Waals surface area (Å²) in [5, 5.41) is 9.81. The molecule has 0 radical (unpaired) electrons. The molecule has 4 rings (SSSR count). The van der Waals surface area contributed by atoms with E-state index in [0.29, 0.717) is 24.8 Å². The van der Waals surface area contributed by atoms with Gasteiger partial charge in [0.2, 0.25) is 0 Å². The number of aromatic carboxylic acids is 1. The average Bonchev–Trinajstić information content (AvgIpc) is 2.79. The summed E-state index contributed by atoms with van der Waals surface area (Å²) < 4.78 is 28.2. The van der Waals surface area contributed by atoms with Gasteiger partial charge in [-0.3, -0.25) is 4.72 Å². The van der Waals surface area contributed by atoms with E-state index in [-0.39, 0.29) is 16.1 Å². The number of hydrogen-bond donors (Lipinski definition) is 2. The smallest absolute Gasteiger partial charge is 0.339 e. The molecule has 7 nitrogen and oxygen atoms in total. The minimum atomic E-state index is -3.87. The number of nitrogens with zero attached hydrogens (tertiary/aromatic N) is 2. The fourth-order valence-electron chi connectivity index (χ4n) is 4.52. The van der Waals surface area contributed by atoms with Crippen LogP contribution in [0.15, 0.2) is 65.7 Å². The van der Waals surface area contributed by atoms with Crippen molar-refractivity contribution < 1.29 is 18.3 Å². The Morgan fingerprint density at radius 1 is 1.06 bits per heavy atom. The Morgan fingerprint density at radius 2 is 1.71 bits per heavy atom. The summed E-state index contributed by atoms with van der Waals surface area (Å²) in [6.45, 7) is 5.07. The number of rotatable bonds is 7. The number of aromatic nitrogens is 1. The van der Waals surface area contributed by atoms with E-state index in [4.69, 9.17) is 0 Å². The first-order valence-corrected chi connectivity index (χ1v) is 12.8. The van der Waals surface area contributed by atoms with Crippen LogP contribution in [0.4, 0.5) is 11.5 Å². The number of piperidine rings is 1. The van der Waals surface area contributed by atoms with E-state index >= 15 is 0 Å². The molecule has 178 valence electrons. The molecule has 1 aliphatic rings. The maximum Gasteiger partial charge on any atom is 0.339 e. The van der Waals surface area contributed by atoms with Gasteiger partial charge in [0.1, 0.15) is 11.4 Å². The molecule has 0 aliphatic carbocycles. The summed E-state index contributed by atoms with van der Waals surface area (Å²) in [5.74, 6) is -0.225. The molecule has 2 heterocycles. The molecule has 2 N–H and O–H groups in total. The van der Waals surface area contributed by atoms with Gasteiger partial charge in [-0.25, -0.2) is 18.2 Å². The third-order valence-corrected chi connectivity index (χ3v) is 7.50. The molecule has 3 aromatic rings. The fourth-order valence-corrected chi connectivity index (χ4v) is 5.74. The topological polar surface area (TPSA) is 99.6 Å². The lowest BCUT2D eigenvalue weighted by atomic mass is 9.90. The second kappa shape index (κ2) is 9.85. The molecule has 1 aliphatic heterocycles. The van der Waals surface area contributed by atoms with E-state index in [0.717, 1.165) is 30.4 Å². The van der Waals surface area contributed by atoms with Crippen molar-refractivity contribution in [2.75, 3.05) is 22.7 Å². The van der Waals surface area contributed by atoms with Crippen molar-refractivity contribution in [2.45, 2.75) is 38.0 Å². The van der Waals surface area contributed by atoms with E-state index in [2.05, 4.69) is 21.8 Å². The quantitative estimate of drug-likeness (QED) is 0.511. The van der Waals surface area contributed by atoms with Crippen molar-refractivity contribution in [1.82, 2.24) is 4.98 Å². The second-order valence-electron chi connectivity index (χ2n) is 8.95. The van der Waals surface area contributed by atoms with Crippen LogP contribution in [0.1, 0.15) is 39.9 Å². The number of carboxylic acids is 1. The van der Waals surface area contributed by atoms with Crippen molar-refractivity contribution in [3.8, 4) is 0 Å². The van der Waals surface area contributed by atoms with E-state index < -0.39 is 16.0 Å². The maximum atomic E-state index is 12.9. The van der Waals surface area contributed by atoms with Gasteiger partial charge >= 0.3 is 5.97 Å². The van der Waals surface area contributed by atoms with Gasteiger partial charge in [-0.05, 0) is 73.9 Å². The van der Waals surface area contributed by atoms with Crippen LogP contribution in [0.5, 0.6) is 0 Å². The fraction of sp³-hybridized carbons (Fsp3) is 0.308. The summed E-state index contributed by atoms with van der Waals surface area (Å²) >= 11 is 0. The van der Waals surface area contributed by atoms with Crippen molar-refractivity contribution in [3.05, 3.63) is 83.0 Å². The molecule has 0 atom stereocenters. The Kier molecular flexibility index (Phi) is 6.88. The maximum absolute atomic E-state index is 12.9. The number of sulfonamides is 1. The number of pyridine rings is 1. The van der Waals surface area contributed by atoms with Crippen LogP contribution in [-0.4, -0.2) is 37.6 Å². The van der Waals surface area contributed by atoms with Gasteiger partial charge in [-0.2, -0.15) is 0 Å². The molecular weight excluding hydrogens is 450 g/mol. The van der Waals surface area contributed by atoms with Crippen LogP contribution in [0, 0.1) is 19.8 Å². The summed E-state index contributed by atoms with van der Waals surface area (Å²) in [6.07, 6.45) is 4.28. The van der Waals surface area contributed by atoms with Gasteiger partial charge in [0.15, 0.2) is 0 Å². The number of carbonyl (C=O) groups is 1. The molecular formula is C26H29N3O4S. The number of benzene rings is 2. The molecule has 0 spiro atoms. The summed E-state index contributed by atoms with van der Waals surface area (Å²) in [5.41, 5.74) is 3.08. The summed E-state index contributed by atoms with van der Waals surface area (Å²) in [6, 6.07) is 16.8. The van der Waals surface area contributed by atoms with Gasteiger partial charge in [-0.15, -0.1) is 0 Å². The van der Waals surface area contributed by atoms with E-state index in [9.17, 15) is 18.3 Å². The van der Waals surface area contributed by atoms with Gasteiger partial charge in [0, 0.05) is 13.1 Å². The number of aryl methyl sites for hydroxylation is 2. The van der Waals surface area contributed by atoms with Crippen molar-refractivity contribution in [1.29, 1.82) is 0 Å². The Bertz CT molecular complexity index is 1260. The predicted octanol–water partition coefficient (Wildman–Crippen LogP) is 4.66. The number of nitrogens with one attached hydrogen (secondary N) is 1. The predicted molar refractivity (Wildman–Crippen MR) is 133 cm³/mol. The van der Waals surface area contributed by atoms with Gasteiger partial charge in [0.05, 0.1) is 16.8 Å². The second-order valence-corrected chi connectivity index (χ2v) is 10.6. The number of carboxylic acid groups (broad SMARTS) is 1. The summed E-state index contributed by atoms with van der Waals surface area (Å²) in [4.78, 5) is 18.5. The highest BCUT2D eigenvalue weighted by Gasteiger charge is 2.25. The standard InChI is InChI=1S/C26H29N3O4S/c1-18-12-19(2)14-23(13-18)34(32,33)28-22-16-24(26(30)31)25(27-17-22)29-10-8-21(9-11-29)15-20-6-4-3-5-7-20/h3-7,12-14,16-17,21,28H,8-11,15H2,1-2H3,(H,30,31). The van der Waals surface area contributed by atoms with Crippen molar-refractivity contribution in [2.24, 2.45) is 5.92 Å². The summed E-state index contributed by atoms with van der Waals surface area (Å²) in [7, 11) is -3.87. The van der Waals surface area contributed by atoms with E-state index in [1.165, 1.54) is 17.8 Å². The zero-order chi connectivity index (χ0) is 24.3. The van der Waals surface area contributed by atoms with Gasteiger partial charge in [-0.1, -0.05) is 36.4 Å². The van der Waals surface area contributed by atoms with Crippen LogP contribution in [0.2, 0.25) is 0 Å². The number of hydrogen-bond acceptors (Lipinski definition) is 5. The largest absolute Gasteiger partial charge is 0.478 e. The van der Waals surface area contributed by atoms with Gasteiger partial charge < -0.3 is 10.0 Å². The van der Waals surface area contributed by atoms with Crippen molar-refractivity contribution in [3.63, 3.8) is 0 Å². The molecule has 0 saturated carbocycles. The first-order chi connectivity index (χ1) is 16.2. The zero-order valence-electron chi connectivity index (χ0n) is 19.4. The SMILES string of the molecule is Cc1cc(C)cc(S(=O)(=O)Nc2cnc(N3CCC(Cc4ccccc4)CC3)c(C(=O)O)c2)c1. The Balaban J connectivity index is 1.49. The van der Waals surface area contributed by atoms with Crippen LogP contribution in [0.25, 0.3) is 0 Å². The molecule has 1 aromatic heterocycles. The highest BCUT2D eigenvalue weighted by molar-refractivity contribution is 7.92. The molecule has 2 aromatic carbocycles. The highest BCUT2D eigenvalue weighted by atomic mass is 32.2. The monoisotopic (exact) mass is 479 g/mol. The third-order valence-electron chi connectivity index (χ3n) is 6.14. The molecule has 1 fully saturated rings. The van der Waals surface area contributed by atoms with Crippen LogP contribution < -0.4 is 9.62 Å². The number of anilines is 2. The molecule has 0 bridgehead atoms. The molecule has 1 saturated heterocycles. The van der Waals surface area contributed by atoms with Crippen molar-refractivity contribution >= 4 is 27.5 Å². The highest BCUT2D eigenvalue weighted by Crippen LogP contribution is 2.29. The van der Waals surface area contributed by atoms with Crippen LogP contribution in [-0.2, 0) is 16.4 Å². The minimum absolute atomic E-state index is 0.0119. The van der Waals surface area contributed by atoms with Crippen LogP contribution in [0.3, 0.4) is 0 Å². The molecule has 8 heteroatoms. The Morgan fingerprint density at radius 3 is 2.32 bits per heavy atom. The first kappa shape index (κ1) is 23.8. The normalized spacial score (nSPS) is 14.7.